The molecule has 1 amide bonds. The van der Waals surface area contributed by atoms with Crippen LogP contribution >= 0.6 is 23.4 Å². The van der Waals surface area contributed by atoms with E-state index in [2.05, 4.69) is 20.1 Å². The Kier molecular flexibility index (Phi) is 7.32. The Morgan fingerprint density at radius 2 is 1.82 bits per heavy atom. The molecule has 33 heavy (non-hydrogen) atoms. The Balaban J connectivity index is 1.49. The van der Waals surface area contributed by atoms with E-state index < -0.39 is 0 Å². The third kappa shape index (κ3) is 5.56. The number of fused-ring (bicyclic) bond motifs is 1. The molecule has 0 bridgehead atoms. The van der Waals surface area contributed by atoms with Gasteiger partial charge in [-0.2, -0.15) is 5.10 Å². The maximum atomic E-state index is 12.5. The second kappa shape index (κ2) is 10.6. The standard InChI is InChI=1S/C25H23ClN4O2S/c1-2-21(17-11-13-19(31)14-12-17)28-29-24(32)16-33-25-27-22-9-5-6-10-23(22)30(25)15-18-7-3-4-8-20(18)26/h3-14H,2,15-16H2,1H3,(H2,28,29,31,32). The van der Waals surface area contributed by atoms with E-state index in [-0.39, 0.29) is 17.4 Å². The number of rotatable bonds is 8. The zero-order valence-electron chi connectivity index (χ0n) is 18.0. The molecule has 0 aliphatic heterocycles. The fraction of sp³-hybridized carbons (Fsp3) is 0.160. The van der Waals surface area contributed by atoms with E-state index >= 15 is 0 Å². The van der Waals surface area contributed by atoms with Gasteiger partial charge in [0.2, 0.25) is 0 Å². The minimum atomic E-state index is -0.214. The van der Waals surface area contributed by atoms with E-state index in [0.717, 1.165) is 27.3 Å². The first kappa shape index (κ1) is 22.9. The molecule has 4 aromatic rings. The fourth-order valence-electron chi connectivity index (χ4n) is 3.47. The number of carbonyl (C=O) groups is 1. The first-order chi connectivity index (χ1) is 16.0. The molecule has 0 saturated carbocycles. The monoisotopic (exact) mass is 478 g/mol. The lowest BCUT2D eigenvalue weighted by atomic mass is 10.1. The molecule has 8 heteroatoms. The smallest absolute Gasteiger partial charge is 0.317 e. The van der Waals surface area contributed by atoms with E-state index in [0.29, 0.717) is 23.7 Å². The lowest BCUT2D eigenvalue weighted by Gasteiger charge is -2.08. The molecular weight excluding hydrogens is 456 g/mol. The maximum absolute atomic E-state index is 12.5. The highest BCUT2D eigenvalue weighted by Gasteiger charge is 2.21. The van der Waals surface area contributed by atoms with Crippen molar-refractivity contribution in [3.63, 3.8) is 0 Å². The highest BCUT2D eigenvalue weighted by Crippen LogP contribution is 2.21. The SMILES string of the molecule is CCC(=NNC(=O)CSc1[nH]c2ccccc2[n+]1Cc1ccccc1Cl)c1ccc([O-])cc1. The molecule has 4 rings (SSSR count). The minimum Gasteiger partial charge on any atom is -0.872 e. The number of amides is 1. The van der Waals surface area contributed by atoms with Gasteiger partial charge in [-0.15, -0.1) is 5.75 Å². The predicted molar refractivity (Wildman–Crippen MR) is 131 cm³/mol. The van der Waals surface area contributed by atoms with Crippen molar-refractivity contribution in [2.24, 2.45) is 5.10 Å². The topological polar surface area (TPSA) is 84.2 Å². The molecule has 0 fully saturated rings. The summed E-state index contributed by atoms with van der Waals surface area (Å²) < 4.78 is 2.12. The molecule has 1 heterocycles. The van der Waals surface area contributed by atoms with Gasteiger partial charge in [0.25, 0.3) is 5.91 Å². The van der Waals surface area contributed by atoms with Crippen LogP contribution in [0.15, 0.2) is 83.1 Å². The maximum Gasteiger partial charge on any atom is 0.317 e. The van der Waals surface area contributed by atoms with Crippen molar-refractivity contribution >= 4 is 46.0 Å². The molecular formula is C25H23ClN4O2S. The van der Waals surface area contributed by atoms with Gasteiger partial charge < -0.3 is 5.11 Å². The van der Waals surface area contributed by atoms with Crippen LogP contribution in [-0.4, -0.2) is 22.4 Å². The number of halogens is 1. The molecule has 0 aliphatic rings. The quantitative estimate of drug-likeness (QED) is 0.172. The van der Waals surface area contributed by atoms with Crippen LogP contribution in [0, 0.1) is 0 Å². The lowest BCUT2D eigenvalue weighted by molar-refractivity contribution is -0.700. The summed E-state index contributed by atoms with van der Waals surface area (Å²) in [6.07, 6.45) is 0.630. The van der Waals surface area contributed by atoms with Crippen LogP contribution < -0.4 is 15.1 Å². The number of nitrogens with zero attached hydrogens (tertiary/aromatic N) is 2. The molecule has 0 radical (unpaired) electrons. The number of thioether (sulfide) groups is 1. The Labute approximate surface area is 201 Å². The molecule has 2 N–H and O–H groups in total. The minimum absolute atomic E-state index is 0.0573. The summed E-state index contributed by atoms with van der Waals surface area (Å²) >= 11 is 7.79. The number of hydrogen-bond acceptors (Lipinski definition) is 4. The average molecular weight is 479 g/mol. The van der Waals surface area contributed by atoms with Crippen molar-refractivity contribution < 1.29 is 14.5 Å². The molecule has 0 saturated heterocycles. The summed E-state index contributed by atoms with van der Waals surface area (Å²) in [6.45, 7) is 2.54. The van der Waals surface area contributed by atoms with Crippen LogP contribution in [0.4, 0.5) is 0 Å². The van der Waals surface area contributed by atoms with Crippen molar-refractivity contribution in [3.05, 3.63) is 88.9 Å². The van der Waals surface area contributed by atoms with Crippen LogP contribution in [0.5, 0.6) is 5.75 Å². The molecule has 168 valence electrons. The molecule has 6 nitrogen and oxygen atoms in total. The molecule has 3 aromatic carbocycles. The third-order valence-corrected chi connectivity index (χ3v) is 6.52. The summed E-state index contributed by atoms with van der Waals surface area (Å²) in [4.78, 5) is 15.9. The normalized spacial score (nSPS) is 11.6. The number of aromatic nitrogens is 2. The number of aromatic amines is 1. The Morgan fingerprint density at radius 3 is 2.58 bits per heavy atom. The van der Waals surface area contributed by atoms with Crippen LogP contribution in [0.25, 0.3) is 11.0 Å². The van der Waals surface area contributed by atoms with Gasteiger partial charge in [0.15, 0.2) is 11.0 Å². The molecule has 0 atom stereocenters. The Bertz CT molecular complexity index is 1300. The molecule has 0 unspecified atom stereocenters. The van der Waals surface area contributed by atoms with Crippen molar-refractivity contribution in [2.75, 3.05) is 5.75 Å². The van der Waals surface area contributed by atoms with E-state index in [1.807, 2.05) is 55.5 Å². The van der Waals surface area contributed by atoms with E-state index in [9.17, 15) is 9.90 Å². The van der Waals surface area contributed by atoms with Gasteiger partial charge >= 0.3 is 5.16 Å². The van der Waals surface area contributed by atoms with Crippen molar-refractivity contribution in [2.45, 2.75) is 25.0 Å². The largest absolute Gasteiger partial charge is 0.872 e. The number of carbonyl (C=O) groups excluding carboxylic acids is 1. The average Bonchev–Trinajstić information content (AvgIpc) is 3.18. The zero-order chi connectivity index (χ0) is 23.2. The number of H-pyrrole nitrogens is 1. The Morgan fingerprint density at radius 1 is 1.09 bits per heavy atom. The second-order valence-electron chi connectivity index (χ2n) is 7.38. The molecule has 0 aliphatic carbocycles. The van der Waals surface area contributed by atoms with Gasteiger partial charge in [0, 0.05) is 10.6 Å². The zero-order valence-corrected chi connectivity index (χ0v) is 19.6. The van der Waals surface area contributed by atoms with Crippen LogP contribution in [0.2, 0.25) is 5.02 Å². The molecule has 0 spiro atoms. The number of nitrogens with one attached hydrogen (secondary N) is 2. The fourth-order valence-corrected chi connectivity index (χ4v) is 4.49. The van der Waals surface area contributed by atoms with Gasteiger partial charge in [0.1, 0.15) is 6.54 Å². The number of hydrazone groups is 1. The van der Waals surface area contributed by atoms with Crippen LogP contribution in [-0.2, 0) is 11.3 Å². The van der Waals surface area contributed by atoms with Gasteiger partial charge in [-0.25, -0.2) is 15.0 Å². The first-order valence-electron chi connectivity index (χ1n) is 10.5. The molecule has 1 aromatic heterocycles. The van der Waals surface area contributed by atoms with E-state index in [1.54, 1.807) is 12.1 Å². The van der Waals surface area contributed by atoms with Crippen molar-refractivity contribution in [3.8, 4) is 5.75 Å². The summed E-state index contributed by atoms with van der Waals surface area (Å²) in [5, 5.41) is 17.1. The summed E-state index contributed by atoms with van der Waals surface area (Å²) in [5.74, 6) is -0.0811. The summed E-state index contributed by atoms with van der Waals surface area (Å²) in [7, 11) is 0. The second-order valence-corrected chi connectivity index (χ2v) is 8.76. The highest BCUT2D eigenvalue weighted by molar-refractivity contribution is 7.99. The van der Waals surface area contributed by atoms with E-state index in [4.69, 9.17) is 11.6 Å². The van der Waals surface area contributed by atoms with Crippen molar-refractivity contribution in [1.82, 2.24) is 10.4 Å². The van der Waals surface area contributed by atoms with Gasteiger partial charge in [-0.05, 0) is 41.9 Å². The number of imidazole rings is 1. The van der Waals surface area contributed by atoms with Crippen molar-refractivity contribution in [1.29, 1.82) is 0 Å². The predicted octanol–water partition coefficient (Wildman–Crippen LogP) is 4.25. The van der Waals surface area contributed by atoms with E-state index in [1.165, 1.54) is 23.9 Å². The van der Waals surface area contributed by atoms with Gasteiger partial charge in [0.05, 0.1) is 11.5 Å². The first-order valence-corrected chi connectivity index (χ1v) is 11.9. The van der Waals surface area contributed by atoms with Gasteiger partial charge in [-0.3, -0.25) is 4.79 Å². The summed E-state index contributed by atoms with van der Waals surface area (Å²) in [6, 6.07) is 22.2. The highest BCUT2D eigenvalue weighted by atomic mass is 35.5. The third-order valence-electron chi connectivity index (χ3n) is 5.15. The number of para-hydroxylation sites is 2. The number of benzene rings is 3. The number of hydrogen-bond donors (Lipinski definition) is 2. The van der Waals surface area contributed by atoms with Crippen LogP contribution in [0.1, 0.15) is 24.5 Å². The Hall–Kier alpha value is -3.29. The lowest BCUT2D eigenvalue weighted by Crippen LogP contribution is -2.36. The van der Waals surface area contributed by atoms with Gasteiger partial charge in [-0.1, -0.05) is 73.1 Å². The van der Waals surface area contributed by atoms with Crippen LogP contribution in [0.3, 0.4) is 0 Å². The summed E-state index contributed by atoms with van der Waals surface area (Å²) in [5.41, 5.74) is 7.19.